The third kappa shape index (κ3) is 3.54. The van der Waals surface area contributed by atoms with Crippen molar-refractivity contribution in [3.63, 3.8) is 0 Å². The number of carbonyl (C=O) groups excluding carboxylic acids is 1. The number of halogens is 1. The van der Waals surface area contributed by atoms with Crippen LogP contribution < -0.4 is 0 Å². The average Bonchev–Trinajstić information content (AvgIpc) is 2.95. The molecule has 0 aliphatic rings. The molecule has 0 aliphatic carbocycles. The molecule has 0 N–H and O–H groups in total. The Hall–Kier alpha value is -2.52. The lowest BCUT2D eigenvalue weighted by atomic mass is 9.79. The minimum Gasteiger partial charge on any atom is -0.463 e. The van der Waals surface area contributed by atoms with Crippen molar-refractivity contribution < 1.29 is 13.9 Å². The van der Waals surface area contributed by atoms with Crippen LogP contribution in [-0.2, 0) is 4.74 Å². The van der Waals surface area contributed by atoms with Gasteiger partial charge in [-0.1, -0.05) is 19.0 Å². The summed E-state index contributed by atoms with van der Waals surface area (Å²) in [6.45, 7) is 4.12. The Bertz CT molecular complexity index is 1020. The lowest BCUT2D eigenvalue weighted by Gasteiger charge is -2.08. The molecular formula is C20H16BBrNO3. The van der Waals surface area contributed by atoms with E-state index in [-0.39, 0.29) is 5.97 Å². The van der Waals surface area contributed by atoms with Crippen LogP contribution in [0.3, 0.4) is 0 Å². The monoisotopic (exact) mass is 408 g/mol. The Morgan fingerprint density at radius 3 is 2.88 bits per heavy atom. The topological polar surface area (TPSA) is 63.2 Å². The number of furan rings is 1. The lowest BCUT2D eigenvalue weighted by molar-refractivity contribution is 0.0526. The second-order valence-corrected chi connectivity index (χ2v) is 6.69. The first-order valence-electron chi connectivity index (χ1n) is 8.23. The maximum Gasteiger partial charge on any atom is 0.338 e. The van der Waals surface area contributed by atoms with Gasteiger partial charge in [-0.05, 0) is 59.0 Å². The Labute approximate surface area is 161 Å². The van der Waals surface area contributed by atoms with E-state index in [1.807, 2.05) is 33.2 Å². The number of nitriles is 1. The van der Waals surface area contributed by atoms with Gasteiger partial charge >= 0.3 is 5.97 Å². The van der Waals surface area contributed by atoms with Crippen LogP contribution in [0.25, 0.3) is 22.1 Å². The molecular weight excluding hydrogens is 393 g/mol. The summed E-state index contributed by atoms with van der Waals surface area (Å²) in [5.74, 6) is 0.348. The third-order valence-electron chi connectivity index (χ3n) is 4.07. The van der Waals surface area contributed by atoms with Crippen molar-refractivity contribution in [3.05, 3.63) is 57.8 Å². The number of ether oxygens (including phenoxy) is 1. The Balaban J connectivity index is 2.15. The zero-order valence-corrected chi connectivity index (χ0v) is 16.1. The molecule has 3 rings (SSSR count). The van der Waals surface area contributed by atoms with Crippen molar-refractivity contribution in [2.24, 2.45) is 0 Å². The highest BCUT2D eigenvalue weighted by atomic mass is 79.9. The van der Waals surface area contributed by atoms with E-state index >= 15 is 0 Å². The van der Waals surface area contributed by atoms with Gasteiger partial charge in [0.15, 0.2) is 0 Å². The first-order chi connectivity index (χ1) is 12.5. The molecule has 0 saturated heterocycles. The molecule has 4 nitrogen and oxygen atoms in total. The standard InChI is InChI=1S/C20H16BBrNO3/c1-12-18(22)17-10-15(20(24)25-7-6-21-2)9-16(19(17)26-12)14-5-3-4-13(8-14)11-23/h3-5,8-10H,6-7H2,1-2H3. The fourth-order valence-electron chi connectivity index (χ4n) is 2.73. The van der Waals surface area contributed by atoms with Gasteiger partial charge in [0.05, 0.1) is 28.3 Å². The largest absolute Gasteiger partial charge is 0.463 e. The fourth-order valence-corrected chi connectivity index (χ4v) is 3.11. The highest BCUT2D eigenvalue weighted by molar-refractivity contribution is 9.10. The smallest absolute Gasteiger partial charge is 0.338 e. The van der Waals surface area contributed by atoms with Crippen molar-refractivity contribution in [1.82, 2.24) is 0 Å². The minimum atomic E-state index is -0.378. The molecule has 0 amide bonds. The molecule has 1 aromatic heterocycles. The molecule has 0 bridgehead atoms. The number of carbonyl (C=O) groups is 1. The molecule has 26 heavy (non-hydrogen) atoms. The molecule has 0 fully saturated rings. The van der Waals surface area contributed by atoms with E-state index in [1.165, 1.54) is 0 Å². The van der Waals surface area contributed by atoms with Gasteiger partial charge in [0.1, 0.15) is 18.6 Å². The Morgan fingerprint density at radius 1 is 1.35 bits per heavy atom. The summed E-state index contributed by atoms with van der Waals surface area (Å²) < 4.78 is 12.0. The molecule has 1 heterocycles. The fraction of sp³-hybridized carbons (Fsp3) is 0.200. The van der Waals surface area contributed by atoms with Gasteiger partial charge in [0.2, 0.25) is 0 Å². The first kappa shape index (κ1) is 18.3. The summed E-state index contributed by atoms with van der Waals surface area (Å²) in [5, 5.41) is 9.98. The average molecular weight is 409 g/mol. The second kappa shape index (κ2) is 7.80. The summed E-state index contributed by atoms with van der Waals surface area (Å²) in [4.78, 5) is 12.5. The summed E-state index contributed by atoms with van der Waals surface area (Å²) in [5.41, 5.74) is 3.23. The van der Waals surface area contributed by atoms with E-state index in [0.29, 0.717) is 29.6 Å². The molecule has 6 heteroatoms. The van der Waals surface area contributed by atoms with Gasteiger partial charge in [0.25, 0.3) is 0 Å². The van der Waals surface area contributed by atoms with Crippen molar-refractivity contribution in [2.75, 3.05) is 6.61 Å². The van der Waals surface area contributed by atoms with Crippen LogP contribution in [0, 0.1) is 18.3 Å². The van der Waals surface area contributed by atoms with Crippen molar-refractivity contribution in [1.29, 1.82) is 5.26 Å². The number of esters is 1. The van der Waals surface area contributed by atoms with Crippen LogP contribution in [0.4, 0.5) is 0 Å². The second-order valence-electron chi connectivity index (χ2n) is 5.90. The van der Waals surface area contributed by atoms with E-state index in [0.717, 1.165) is 26.7 Å². The van der Waals surface area contributed by atoms with Crippen LogP contribution in [0.15, 0.2) is 45.3 Å². The molecule has 0 atom stereocenters. The summed E-state index contributed by atoms with van der Waals surface area (Å²) >= 11 is 3.53. The SMILES string of the molecule is C[B]CCOC(=O)c1cc(-c2cccc(C#N)c2)c2oc(C)c(Br)c2c1. The summed E-state index contributed by atoms with van der Waals surface area (Å²) in [7, 11) is 1.95. The van der Waals surface area contributed by atoms with E-state index in [1.54, 1.807) is 24.3 Å². The molecule has 2 aromatic carbocycles. The third-order valence-corrected chi connectivity index (χ3v) is 5.05. The molecule has 0 saturated carbocycles. The minimum absolute atomic E-state index is 0.345. The van der Waals surface area contributed by atoms with E-state index in [4.69, 9.17) is 9.15 Å². The van der Waals surface area contributed by atoms with E-state index in [9.17, 15) is 10.1 Å². The quantitative estimate of drug-likeness (QED) is 0.323. The van der Waals surface area contributed by atoms with Crippen molar-refractivity contribution in [2.45, 2.75) is 20.1 Å². The van der Waals surface area contributed by atoms with Gasteiger partial charge < -0.3 is 9.15 Å². The van der Waals surface area contributed by atoms with Crippen molar-refractivity contribution in [3.8, 4) is 17.2 Å². The molecule has 3 aromatic rings. The highest BCUT2D eigenvalue weighted by Gasteiger charge is 2.19. The normalized spacial score (nSPS) is 10.5. The number of fused-ring (bicyclic) bond motifs is 1. The number of rotatable bonds is 5. The van der Waals surface area contributed by atoms with Crippen LogP contribution in [-0.4, -0.2) is 19.9 Å². The maximum absolute atomic E-state index is 12.5. The van der Waals surface area contributed by atoms with Gasteiger partial charge in [-0.3, -0.25) is 0 Å². The molecule has 0 aliphatic heterocycles. The zero-order chi connectivity index (χ0) is 18.7. The van der Waals surface area contributed by atoms with E-state index in [2.05, 4.69) is 22.0 Å². The van der Waals surface area contributed by atoms with Crippen molar-refractivity contribution >= 4 is 40.1 Å². The first-order valence-corrected chi connectivity index (χ1v) is 9.02. The predicted octanol–water partition coefficient (Wildman–Crippen LogP) is 5.37. The molecule has 0 spiro atoms. The van der Waals surface area contributed by atoms with Gasteiger partial charge in [-0.15, -0.1) is 0 Å². The van der Waals surface area contributed by atoms with Crippen LogP contribution in [0.1, 0.15) is 21.7 Å². The number of hydrogen-bond donors (Lipinski definition) is 0. The number of benzene rings is 2. The Kier molecular flexibility index (Phi) is 5.48. The zero-order valence-electron chi connectivity index (χ0n) is 14.5. The van der Waals surface area contributed by atoms with Gasteiger partial charge in [-0.2, -0.15) is 5.26 Å². The maximum atomic E-state index is 12.5. The van der Waals surface area contributed by atoms with Gasteiger partial charge in [-0.25, -0.2) is 4.79 Å². The van der Waals surface area contributed by atoms with Crippen LogP contribution in [0.2, 0.25) is 13.1 Å². The summed E-state index contributed by atoms with van der Waals surface area (Å²) in [6, 6.07) is 12.9. The Morgan fingerprint density at radius 2 is 2.15 bits per heavy atom. The molecule has 0 unspecified atom stereocenters. The number of nitrogens with zero attached hydrogens (tertiary/aromatic N) is 1. The van der Waals surface area contributed by atoms with Crippen LogP contribution in [0.5, 0.6) is 0 Å². The lowest BCUT2D eigenvalue weighted by Crippen LogP contribution is -2.07. The molecule has 1 radical (unpaired) electrons. The molecule has 129 valence electrons. The van der Waals surface area contributed by atoms with Crippen LogP contribution >= 0.6 is 15.9 Å². The van der Waals surface area contributed by atoms with E-state index < -0.39 is 0 Å². The number of hydrogen-bond acceptors (Lipinski definition) is 4. The highest BCUT2D eigenvalue weighted by Crippen LogP contribution is 2.38. The van der Waals surface area contributed by atoms with Gasteiger partial charge in [0, 0.05) is 10.9 Å². The summed E-state index contributed by atoms with van der Waals surface area (Å²) in [6.07, 6.45) is 0.708. The predicted molar refractivity (Wildman–Crippen MR) is 106 cm³/mol. The number of aryl methyl sites for hydroxylation is 1.